The first-order valence-electron chi connectivity index (χ1n) is 7.45. The lowest BCUT2D eigenvalue weighted by atomic mass is 9.78. The Morgan fingerprint density at radius 3 is 2.11 bits per heavy atom. The molecule has 1 rings (SSSR count). The van der Waals surface area contributed by atoms with E-state index in [1.165, 1.54) is 12.8 Å². The monoisotopic (exact) mass is 256 g/mol. The summed E-state index contributed by atoms with van der Waals surface area (Å²) >= 11 is 0. The smallest absolute Gasteiger partial charge is 0.0572 e. The van der Waals surface area contributed by atoms with Crippen LogP contribution in [0.25, 0.3) is 0 Å². The number of nitrogens with zero attached hydrogens (tertiary/aromatic N) is 1. The second-order valence-electron chi connectivity index (χ2n) is 6.50. The highest BCUT2D eigenvalue weighted by molar-refractivity contribution is 4.97. The van der Waals surface area contributed by atoms with Crippen LogP contribution in [0.5, 0.6) is 0 Å². The number of rotatable bonds is 6. The van der Waals surface area contributed by atoms with Gasteiger partial charge in [0.15, 0.2) is 0 Å². The molecule has 0 amide bonds. The van der Waals surface area contributed by atoms with Crippen LogP contribution < -0.4 is 5.73 Å². The Labute approximate surface area is 113 Å². The lowest BCUT2D eigenvalue weighted by molar-refractivity contribution is -0.0252. The first kappa shape index (κ1) is 15.9. The lowest BCUT2D eigenvalue weighted by Gasteiger charge is -2.50. The topological polar surface area (TPSA) is 38.5 Å². The Hall–Kier alpha value is -0.120. The standard InChI is InChI=1S/C15H32N2O/c1-12(2)10-17(13(3)4)15(11-16)8-6-14(18-5)7-9-15/h12-14H,6-11,16H2,1-5H3. The summed E-state index contributed by atoms with van der Waals surface area (Å²) in [6.45, 7) is 11.1. The number of methoxy groups -OCH3 is 1. The Morgan fingerprint density at radius 1 is 1.22 bits per heavy atom. The molecule has 18 heavy (non-hydrogen) atoms. The van der Waals surface area contributed by atoms with Gasteiger partial charge in [-0.1, -0.05) is 13.8 Å². The van der Waals surface area contributed by atoms with Crippen LogP contribution in [-0.4, -0.2) is 42.8 Å². The summed E-state index contributed by atoms with van der Waals surface area (Å²) in [6.07, 6.45) is 5.09. The largest absolute Gasteiger partial charge is 0.381 e. The van der Waals surface area contributed by atoms with Crippen LogP contribution in [0.1, 0.15) is 53.4 Å². The van der Waals surface area contributed by atoms with Gasteiger partial charge in [0.1, 0.15) is 0 Å². The van der Waals surface area contributed by atoms with Gasteiger partial charge < -0.3 is 10.5 Å². The SMILES string of the molecule is COC1CCC(CN)(N(CC(C)C)C(C)C)CC1. The van der Waals surface area contributed by atoms with Crippen LogP contribution in [0.3, 0.4) is 0 Å². The lowest BCUT2D eigenvalue weighted by Crippen LogP contribution is -2.59. The second-order valence-corrected chi connectivity index (χ2v) is 6.50. The van der Waals surface area contributed by atoms with E-state index in [9.17, 15) is 0 Å². The highest BCUT2D eigenvalue weighted by Crippen LogP contribution is 2.35. The van der Waals surface area contributed by atoms with Crippen LogP contribution in [0, 0.1) is 5.92 Å². The Morgan fingerprint density at radius 2 is 1.78 bits per heavy atom. The van der Waals surface area contributed by atoms with Crippen molar-refractivity contribution < 1.29 is 4.74 Å². The quantitative estimate of drug-likeness (QED) is 0.794. The molecule has 1 fully saturated rings. The molecule has 0 bridgehead atoms. The third-order valence-electron chi connectivity index (χ3n) is 4.37. The molecule has 2 N–H and O–H groups in total. The summed E-state index contributed by atoms with van der Waals surface area (Å²) in [5.74, 6) is 0.691. The predicted molar refractivity (Wildman–Crippen MR) is 77.7 cm³/mol. The zero-order valence-electron chi connectivity index (χ0n) is 12.9. The van der Waals surface area contributed by atoms with Crippen molar-refractivity contribution in [2.75, 3.05) is 20.2 Å². The minimum absolute atomic E-state index is 0.202. The van der Waals surface area contributed by atoms with Gasteiger partial charge in [0.2, 0.25) is 0 Å². The van der Waals surface area contributed by atoms with Gasteiger partial charge in [-0.15, -0.1) is 0 Å². The molecular weight excluding hydrogens is 224 g/mol. The van der Waals surface area contributed by atoms with E-state index in [2.05, 4.69) is 32.6 Å². The minimum Gasteiger partial charge on any atom is -0.381 e. The molecule has 0 aromatic rings. The number of ether oxygens (including phenoxy) is 1. The third-order valence-corrected chi connectivity index (χ3v) is 4.37. The summed E-state index contributed by atoms with van der Waals surface area (Å²) in [4.78, 5) is 2.64. The highest BCUT2D eigenvalue weighted by Gasteiger charge is 2.40. The molecule has 108 valence electrons. The average Bonchev–Trinajstić information content (AvgIpc) is 2.35. The van der Waals surface area contributed by atoms with Crippen molar-refractivity contribution in [2.45, 2.75) is 71.1 Å². The van der Waals surface area contributed by atoms with Crippen molar-refractivity contribution in [3.63, 3.8) is 0 Å². The molecule has 1 aliphatic rings. The average molecular weight is 256 g/mol. The molecule has 0 aromatic carbocycles. The summed E-state index contributed by atoms with van der Waals surface area (Å²) in [7, 11) is 1.83. The fourth-order valence-corrected chi connectivity index (χ4v) is 3.32. The fourth-order valence-electron chi connectivity index (χ4n) is 3.32. The maximum atomic E-state index is 6.16. The van der Waals surface area contributed by atoms with Crippen molar-refractivity contribution in [1.82, 2.24) is 4.90 Å². The molecule has 3 heteroatoms. The van der Waals surface area contributed by atoms with Crippen molar-refractivity contribution in [3.05, 3.63) is 0 Å². The molecule has 0 radical (unpaired) electrons. The fraction of sp³-hybridized carbons (Fsp3) is 1.00. The predicted octanol–water partition coefficient (Wildman–Crippen LogP) is 2.64. The van der Waals surface area contributed by atoms with E-state index in [0.717, 1.165) is 25.9 Å². The molecule has 0 aromatic heterocycles. The third kappa shape index (κ3) is 3.69. The molecule has 1 aliphatic carbocycles. The van der Waals surface area contributed by atoms with Crippen molar-refractivity contribution >= 4 is 0 Å². The number of hydrogen-bond donors (Lipinski definition) is 1. The second kappa shape index (κ2) is 6.88. The van der Waals surface area contributed by atoms with Crippen molar-refractivity contribution in [2.24, 2.45) is 11.7 Å². The summed E-state index contributed by atoms with van der Waals surface area (Å²) < 4.78 is 5.49. The molecular formula is C15H32N2O. The summed E-state index contributed by atoms with van der Waals surface area (Å²) in [5, 5.41) is 0. The molecule has 0 unspecified atom stereocenters. The van der Waals surface area contributed by atoms with E-state index in [-0.39, 0.29) is 5.54 Å². The zero-order chi connectivity index (χ0) is 13.8. The Balaban J connectivity index is 2.78. The van der Waals surface area contributed by atoms with E-state index >= 15 is 0 Å². The number of hydrogen-bond acceptors (Lipinski definition) is 3. The van der Waals surface area contributed by atoms with Gasteiger partial charge in [0.25, 0.3) is 0 Å². The van der Waals surface area contributed by atoms with Crippen molar-refractivity contribution in [3.8, 4) is 0 Å². The van der Waals surface area contributed by atoms with Crippen LogP contribution in [0.15, 0.2) is 0 Å². The molecule has 0 atom stereocenters. The zero-order valence-corrected chi connectivity index (χ0v) is 12.9. The van der Waals surface area contributed by atoms with Crippen LogP contribution in [-0.2, 0) is 4.74 Å². The maximum Gasteiger partial charge on any atom is 0.0572 e. The molecule has 0 saturated heterocycles. The summed E-state index contributed by atoms with van der Waals surface area (Å²) in [6, 6.07) is 0.565. The number of nitrogens with two attached hydrogens (primary N) is 1. The molecule has 0 heterocycles. The van der Waals surface area contributed by atoms with Gasteiger partial charge in [0.05, 0.1) is 6.10 Å². The Bertz CT molecular complexity index is 233. The first-order chi connectivity index (χ1) is 8.45. The molecule has 0 spiro atoms. The van der Waals surface area contributed by atoms with Crippen LogP contribution in [0.2, 0.25) is 0 Å². The molecule has 1 saturated carbocycles. The van der Waals surface area contributed by atoms with Gasteiger partial charge in [-0.05, 0) is 45.4 Å². The van der Waals surface area contributed by atoms with E-state index in [4.69, 9.17) is 10.5 Å². The van der Waals surface area contributed by atoms with Gasteiger partial charge in [0, 0.05) is 31.8 Å². The van der Waals surface area contributed by atoms with E-state index in [1.807, 2.05) is 7.11 Å². The Kier molecular flexibility index (Phi) is 6.09. The highest BCUT2D eigenvalue weighted by atomic mass is 16.5. The van der Waals surface area contributed by atoms with Crippen LogP contribution >= 0.6 is 0 Å². The van der Waals surface area contributed by atoms with Crippen LogP contribution in [0.4, 0.5) is 0 Å². The molecule has 3 nitrogen and oxygen atoms in total. The van der Waals surface area contributed by atoms with E-state index < -0.39 is 0 Å². The van der Waals surface area contributed by atoms with Crippen molar-refractivity contribution in [1.29, 1.82) is 0 Å². The van der Waals surface area contributed by atoms with Gasteiger partial charge in [-0.3, -0.25) is 4.90 Å². The summed E-state index contributed by atoms with van der Waals surface area (Å²) in [5.41, 5.74) is 6.36. The normalized spacial score (nSPS) is 29.5. The minimum atomic E-state index is 0.202. The van der Waals surface area contributed by atoms with Gasteiger partial charge in [-0.25, -0.2) is 0 Å². The first-order valence-corrected chi connectivity index (χ1v) is 7.45. The van der Waals surface area contributed by atoms with E-state index in [0.29, 0.717) is 18.1 Å². The molecule has 0 aliphatic heterocycles. The maximum absolute atomic E-state index is 6.16. The van der Waals surface area contributed by atoms with Gasteiger partial charge >= 0.3 is 0 Å². The van der Waals surface area contributed by atoms with Gasteiger partial charge in [-0.2, -0.15) is 0 Å². The van der Waals surface area contributed by atoms with E-state index in [1.54, 1.807) is 0 Å².